The summed E-state index contributed by atoms with van der Waals surface area (Å²) in [5.74, 6) is -2.01. The van der Waals surface area contributed by atoms with Crippen LogP contribution in [0.3, 0.4) is 0 Å². The van der Waals surface area contributed by atoms with Crippen LogP contribution in [-0.4, -0.2) is 28.4 Å². The van der Waals surface area contributed by atoms with E-state index >= 15 is 0 Å². The number of rotatable bonds is 5. The summed E-state index contributed by atoms with van der Waals surface area (Å²) in [4.78, 5) is 36.0. The Labute approximate surface area is 150 Å². The zero-order chi connectivity index (χ0) is 18.0. The summed E-state index contributed by atoms with van der Waals surface area (Å²) in [7, 11) is 0. The minimum Gasteiger partial charge on any atom is -0.481 e. The third-order valence-corrected chi connectivity index (χ3v) is 5.29. The summed E-state index contributed by atoms with van der Waals surface area (Å²) in [5.41, 5.74) is 0.688. The topological polar surface area (TPSA) is 95.5 Å². The number of aliphatic carboxylic acids is 1. The Bertz CT molecular complexity index is 713. The molecule has 0 bridgehead atoms. The van der Waals surface area contributed by atoms with E-state index < -0.39 is 17.4 Å². The molecule has 0 aromatic heterocycles. The van der Waals surface area contributed by atoms with Crippen LogP contribution in [0.1, 0.15) is 56.4 Å². The number of nitrogens with one attached hydrogen (secondary N) is 2. The number of carboxylic acid groups (broad SMARTS) is 1. The van der Waals surface area contributed by atoms with Crippen molar-refractivity contribution in [2.75, 3.05) is 5.32 Å². The quantitative estimate of drug-likeness (QED) is 0.748. The number of fused-ring (bicyclic) bond motifs is 1. The van der Waals surface area contributed by atoms with Crippen LogP contribution in [0.25, 0.3) is 0 Å². The SMILES string of the molecule is O=C(O)CC1(NC(=O)CC2C(=O)Nc3cc(Cl)ccc32)CCCCC1. The molecular weight excluding hydrogens is 344 g/mol. The highest BCUT2D eigenvalue weighted by molar-refractivity contribution is 6.31. The number of benzene rings is 1. The van der Waals surface area contributed by atoms with Crippen molar-refractivity contribution in [2.45, 2.75) is 56.4 Å². The monoisotopic (exact) mass is 364 g/mol. The van der Waals surface area contributed by atoms with Gasteiger partial charge in [-0.25, -0.2) is 0 Å². The number of anilines is 1. The molecule has 1 aliphatic carbocycles. The summed E-state index contributed by atoms with van der Waals surface area (Å²) in [6, 6.07) is 5.11. The zero-order valence-electron chi connectivity index (χ0n) is 13.8. The standard InChI is InChI=1S/C18H21ClN2O4/c19-11-4-5-12-13(17(25)20-14(12)8-11)9-15(22)21-18(10-16(23)24)6-2-1-3-7-18/h4-5,8,13H,1-3,6-7,9-10H2,(H,20,25)(H,21,22)(H,23,24). The van der Waals surface area contributed by atoms with Crippen molar-refractivity contribution in [1.29, 1.82) is 0 Å². The van der Waals surface area contributed by atoms with Gasteiger partial charge in [0.15, 0.2) is 0 Å². The fourth-order valence-corrected chi connectivity index (χ4v) is 4.07. The van der Waals surface area contributed by atoms with E-state index in [1.807, 2.05) is 0 Å². The minimum atomic E-state index is -0.916. The van der Waals surface area contributed by atoms with E-state index in [1.54, 1.807) is 18.2 Å². The van der Waals surface area contributed by atoms with Crippen molar-refractivity contribution < 1.29 is 19.5 Å². The summed E-state index contributed by atoms with van der Waals surface area (Å²) < 4.78 is 0. The summed E-state index contributed by atoms with van der Waals surface area (Å²) in [6.45, 7) is 0. The molecule has 3 rings (SSSR count). The highest BCUT2D eigenvalue weighted by Crippen LogP contribution is 2.37. The van der Waals surface area contributed by atoms with Gasteiger partial charge in [0, 0.05) is 17.1 Å². The normalized spacial score (nSPS) is 21.3. The fourth-order valence-electron chi connectivity index (χ4n) is 3.90. The van der Waals surface area contributed by atoms with Gasteiger partial charge in [0.1, 0.15) is 0 Å². The van der Waals surface area contributed by atoms with Gasteiger partial charge < -0.3 is 15.7 Å². The van der Waals surface area contributed by atoms with E-state index in [0.717, 1.165) is 24.8 Å². The maximum absolute atomic E-state index is 12.6. The first-order valence-corrected chi connectivity index (χ1v) is 8.89. The van der Waals surface area contributed by atoms with Gasteiger partial charge in [0.25, 0.3) is 0 Å². The second kappa shape index (κ2) is 7.04. The van der Waals surface area contributed by atoms with Crippen molar-refractivity contribution in [3.8, 4) is 0 Å². The first kappa shape index (κ1) is 17.7. The maximum Gasteiger partial charge on any atom is 0.305 e. The highest BCUT2D eigenvalue weighted by atomic mass is 35.5. The summed E-state index contributed by atoms with van der Waals surface area (Å²) in [5, 5.41) is 15.4. The van der Waals surface area contributed by atoms with E-state index in [-0.39, 0.29) is 24.7 Å². The van der Waals surface area contributed by atoms with Gasteiger partial charge in [0.2, 0.25) is 11.8 Å². The van der Waals surface area contributed by atoms with Crippen molar-refractivity contribution in [3.05, 3.63) is 28.8 Å². The van der Waals surface area contributed by atoms with E-state index in [1.165, 1.54) is 0 Å². The lowest BCUT2D eigenvalue weighted by Crippen LogP contribution is -2.51. The molecule has 1 aliphatic heterocycles. The summed E-state index contributed by atoms with van der Waals surface area (Å²) in [6.07, 6.45) is 4.10. The Morgan fingerprint density at radius 3 is 2.68 bits per heavy atom. The average molecular weight is 365 g/mol. The average Bonchev–Trinajstić information content (AvgIpc) is 2.82. The van der Waals surface area contributed by atoms with E-state index in [9.17, 15) is 19.5 Å². The maximum atomic E-state index is 12.6. The van der Waals surface area contributed by atoms with Gasteiger partial charge in [-0.05, 0) is 30.5 Å². The lowest BCUT2D eigenvalue weighted by atomic mass is 9.79. The van der Waals surface area contributed by atoms with Crippen LogP contribution < -0.4 is 10.6 Å². The number of carbonyl (C=O) groups excluding carboxylic acids is 2. The first-order valence-electron chi connectivity index (χ1n) is 8.52. The van der Waals surface area contributed by atoms with Crippen molar-refractivity contribution >= 4 is 35.1 Å². The molecule has 1 aromatic rings. The molecule has 0 radical (unpaired) electrons. The van der Waals surface area contributed by atoms with Crippen LogP contribution in [0.15, 0.2) is 18.2 Å². The fraction of sp³-hybridized carbons (Fsp3) is 0.500. The molecule has 1 saturated carbocycles. The number of hydrogen-bond acceptors (Lipinski definition) is 3. The predicted octanol–water partition coefficient (Wildman–Crippen LogP) is 3.06. The zero-order valence-corrected chi connectivity index (χ0v) is 14.6. The first-order chi connectivity index (χ1) is 11.9. The molecule has 3 N–H and O–H groups in total. The van der Waals surface area contributed by atoms with Crippen LogP contribution >= 0.6 is 11.6 Å². The molecule has 6 nitrogen and oxygen atoms in total. The van der Waals surface area contributed by atoms with Gasteiger partial charge >= 0.3 is 5.97 Å². The van der Waals surface area contributed by atoms with Crippen LogP contribution in [0.2, 0.25) is 5.02 Å². The van der Waals surface area contributed by atoms with Crippen molar-refractivity contribution in [3.63, 3.8) is 0 Å². The molecule has 0 saturated heterocycles. The van der Waals surface area contributed by atoms with E-state index in [2.05, 4.69) is 10.6 Å². The van der Waals surface area contributed by atoms with Crippen molar-refractivity contribution in [1.82, 2.24) is 5.32 Å². The molecule has 1 heterocycles. The Morgan fingerprint density at radius 1 is 1.28 bits per heavy atom. The second-order valence-corrected chi connectivity index (χ2v) is 7.37. The third-order valence-electron chi connectivity index (χ3n) is 5.06. The van der Waals surface area contributed by atoms with E-state index in [4.69, 9.17) is 11.6 Å². The number of carbonyl (C=O) groups is 3. The summed E-state index contributed by atoms with van der Waals surface area (Å²) >= 11 is 5.93. The molecule has 2 amide bonds. The van der Waals surface area contributed by atoms with Gasteiger partial charge in [-0.3, -0.25) is 14.4 Å². The Morgan fingerprint density at radius 2 is 2.00 bits per heavy atom. The molecule has 25 heavy (non-hydrogen) atoms. The second-order valence-electron chi connectivity index (χ2n) is 6.94. The molecule has 134 valence electrons. The lowest BCUT2D eigenvalue weighted by molar-refractivity contribution is -0.140. The number of carboxylic acids is 1. The number of halogens is 1. The van der Waals surface area contributed by atoms with Gasteiger partial charge in [-0.1, -0.05) is 36.9 Å². The van der Waals surface area contributed by atoms with Crippen LogP contribution in [0.5, 0.6) is 0 Å². The van der Waals surface area contributed by atoms with Gasteiger partial charge in [-0.2, -0.15) is 0 Å². The molecule has 1 fully saturated rings. The molecule has 1 atom stereocenters. The Balaban J connectivity index is 1.71. The lowest BCUT2D eigenvalue weighted by Gasteiger charge is -2.37. The third kappa shape index (κ3) is 3.95. The molecular formula is C18H21ClN2O4. The molecule has 1 unspecified atom stereocenters. The molecule has 7 heteroatoms. The van der Waals surface area contributed by atoms with Gasteiger partial charge in [0.05, 0.1) is 17.9 Å². The smallest absolute Gasteiger partial charge is 0.305 e. The Kier molecular flexibility index (Phi) is 4.99. The molecule has 2 aliphatic rings. The molecule has 1 aromatic carbocycles. The van der Waals surface area contributed by atoms with Crippen LogP contribution in [0.4, 0.5) is 5.69 Å². The van der Waals surface area contributed by atoms with Crippen molar-refractivity contribution in [2.24, 2.45) is 0 Å². The predicted molar refractivity (Wildman–Crippen MR) is 93.7 cm³/mol. The van der Waals surface area contributed by atoms with Crippen LogP contribution in [0, 0.1) is 0 Å². The largest absolute Gasteiger partial charge is 0.481 e. The van der Waals surface area contributed by atoms with Gasteiger partial charge in [-0.15, -0.1) is 0 Å². The number of amides is 2. The highest BCUT2D eigenvalue weighted by Gasteiger charge is 2.38. The number of hydrogen-bond donors (Lipinski definition) is 3. The Hall–Kier alpha value is -2.08. The minimum absolute atomic E-state index is 0.00182. The van der Waals surface area contributed by atoms with Crippen LogP contribution in [-0.2, 0) is 14.4 Å². The molecule has 0 spiro atoms. The van der Waals surface area contributed by atoms with E-state index in [0.29, 0.717) is 23.6 Å².